The lowest BCUT2D eigenvalue weighted by molar-refractivity contribution is -0.120. The van der Waals surface area contributed by atoms with Crippen LogP contribution >= 0.6 is 11.3 Å². The Morgan fingerprint density at radius 3 is 3.00 bits per heavy atom. The molecule has 1 amide bonds. The molecule has 0 fully saturated rings. The number of hydrogen-bond acceptors (Lipinski definition) is 6. The molecule has 0 atom stereocenters. The van der Waals surface area contributed by atoms with Gasteiger partial charge in [0.2, 0.25) is 11.8 Å². The maximum absolute atomic E-state index is 12.3. The zero-order valence-electron chi connectivity index (χ0n) is 14.0. The fourth-order valence-corrected chi connectivity index (χ4v) is 3.31. The first kappa shape index (κ1) is 16.4. The number of oxazole rings is 1. The van der Waals surface area contributed by atoms with Gasteiger partial charge in [-0.05, 0) is 23.6 Å². The third-order valence-corrected chi connectivity index (χ3v) is 4.82. The molecule has 3 aromatic heterocycles. The Morgan fingerprint density at radius 1 is 1.27 bits per heavy atom. The lowest BCUT2D eigenvalue weighted by Gasteiger charge is -2.02. The molecule has 26 heavy (non-hydrogen) atoms. The van der Waals surface area contributed by atoms with Gasteiger partial charge in [-0.3, -0.25) is 4.79 Å². The Hall–Kier alpha value is -3.06. The van der Waals surface area contributed by atoms with Gasteiger partial charge in [-0.1, -0.05) is 6.07 Å². The van der Waals surface area contributed by atoms with Crippen LogP contribution in [0.5, 0.6) is 5.75 Å². The third kappa shape index (κ3) is 3.34. The van der Waals surface area contributed by atoms with Gasteiger partial charge in [0.05, 0.1) is 36.9 Å². The summed E-state index contributed by atoms with van der Waals surface area (Å²) in [7, 11) is 1.60. The number of ether oxygens (including phenoxy) is 1. The van der Waals surface area contributed by atoms with Crippen molar-refractivity contribution in [3.05, 3.63) is 59.5 Å². The molecule has 0 aliphatic carbocycles. The number of aromatic nitrogens is 1. The van der Waals surface area contributed by atoms with Gasteiger partial charge in [0.15, 0.2) is 0 Å². The number of hydrogen-bond donors (Lipinski definition) is 1. The van der Waals surface area contributed by atoms with Gasteiger partial charge < -0.3 is 18.9 Å². The number of carbonyl (C=O) groups is 1. The lowest BCUT2D eigenvalue weighted by atomic mass is 10.1. The number of nitrogens with one attached hydrogen (secondary N) is 1. The van der Waals surface area contributed by atoms with Crippen LogP contribution in [0, 0.1) is 0 Å². The van der Waals surface area contributed by atoms with Gasteiger partial charge in [0.25, 0.3) is 0 Å². The molecule has 4 rings (SSSR count). The SMILES string of the molecule is COc1ccc2c(CC(=O)NCc3coc(-c4cccs4)n3)coc2c1. The third-order valence-electron chi connectivity index (χ3n) is 3.96. The van der Waals surface area contributed by atoms with Crippen LogP contribution in [-0.4, -0.2) is 18.0 Å². The van der Waals surface area contributed by atoms with E-state index >= 15 is 0 Å². The fraction of sp³-hybridized carbons (Fsp3) is 0.158. The zero-order chi connectivity index (χ0) is 17.9. The molecular formula is C19H16N2O4S. The maximum atomic E-state index is 12.3. The van der Waals surface area contributed by atoms with Gasteiger partial charge in [0.1, 0.15) is 17.6 Å². The summed E-state index contributed by atoms with van der Waals surface area (Å²) in [4.78, 5) is 17.6. The molecule has 132 valence electrons. The molecule has 4 aromatic rings. The zero-order valence-corrected chi connectivity index (χ0v) is 14.8. The van der Waals surface area contributed by atoms with Gasteiger partial charge in [-0.15, -0.1) is 11.3 Å². The van der Waals surface area contributed by atoms with Gasteiger partial charge in [-0.2, -0.15) is 0 Å². The van der Waals surface area contributed by atoms with Crippen molar-refractivity contribution in [2.45, 2.75) is 13.0 Å². The highest BCUT2D eigenvalue weighted by molar-refractivity contribution is 7.13. The van der Waals surface area contributed by atoms with Crippen molar-refractivity contribution in [1.82, 2.24) is 10.3 Å². The number of fused-ring (bicyclic) bond motifs is 1. The number of carbonyl (C=O) groups excluding carboxylic acids is 1. The predicted molar refractivity (Wildman–Crippen MR) is 98.1 cm³/mol. The van der Waals surface area contributed by atoms with E-state index in [2.05, 4.69) is 10.3 Å². The molecule has 0 unspecified atom stereocenters. The number of amides is 1. The maximum Gasteiger partial charge on any atom is 0.236 e. The quantitative estimate of drug-likeness (QED) is 0.556. The lowest BCUT2D eigenvalue weighted by Crippen LogP contribution is -2.24. The minimum atomic E-state index is -0.107. The smallest absolute Gasteiger partial charge is 0.236 e. The highest BCUT2D eigenvalue weighted by atomic mass is 32.1. The number of methoxy groups -OCH3 is 1. The average molecular weight is 368 g/mol. The van der Waals surface area contributed by atoms with Crippen LogP contribution in [0.1, 0.15) is 11.3 Å². The molecule has 6 nitrogen and oxygen atoms in total. The molecule has 0 saturated heterocycles. The van der Waals surface area contributed by atoms with Crippen LogP contribution in [-0.2, 0) is 17.8 Å². The van der Waals surface area contributed by atoms with Crippen LogP contribution in [0.15, 0.2) is 57.1 Å². The second-order valence-electron chi connectivity index (χ2n) is 5.70. The van der Waals surface area contributed by atoms with Gasteiger partial charge >= 0.3 is 0 Å². The predicted octanol–water partition coefficient (Wildman–Crippen LogP) is 4.02. The van der Waals surface area contributed by atoms with E-state index in [-0.39, 0.29) is 12.3 Å². The molecule has 0 bridgehead atoms. The second kappa shape index (κ2) is 7.05. The van der Waals surface area contributed by atoms with Crippen molar-refractivity contribution < 1.29 is 18.4 Å². The standard InChI is InChI=1S/C19H16N2O4S/c1-23-14-4-5-15-12(10-24-16(15)8-14)7-18(22)20-9-13-11-25-19(21-13)17-3-2-6-26-17/h2-6,8,10-11H,7,9H2,1H3,(H,20,22). The van der Waals surface area contributed by atoms with Crippen LogP contribution in [0.3, 0.4) is 0 Å². The van der Waals surface area contributed by atoms with Crippen molar-refractivity contribution in [1.29, 1.82) is 0 Å². The first-order valence-electron chi connectivity index (χ1n) is 8.02. The molecule has 7 heteroatoms. The monoisotopic (exact) mass is 368 g/mol. The summed E-state index contributed by atoms with van der Waals surface area (Å²) in [6.45, 7) is 0.317. The number of furan rings is 1. The number of thiophene rings is 1. The van der Waals surface area contributed by atoms with Crippen molar-refractivity contribution in [2.75, 3.05) is 7.11 Å². The average Bonchev–Trinajstić information content (AvgIpc) is 3.40. The minimum Gasteiger partial charge on any atom is -0.497 e. The van der Waals surface area contributed by atoms with Crippen LogP contribution < -0.4 is 10.1 Å². The molecule has 0 aliphatic rings. The largest absolute Gasteiger partial charge is 0.497 e. The van der Waals surface area contributed by atoms with Crippen LogP contribution in [0.2, 0.25) is 0 Å². The molecule has 0 saturated carbocycles. The summed E-state index contributed by atoms with van der Waals surface area (Å²) in [6, 6.07) is 9.43. The second-order valence-corrected chi connectivity index (χ2v) is 6.65. The normalized spacial score (nSPS) is 11.0. The van der Waals surface area contributed by atoms with Crippen molar-refractivity contribution in [3.63, 3.8) is 0 Å². The van der Waals surface area contributed by atoms with Gasteiger partial charge in [-0.25, -0.2) is 4.98 Å². The Kier molecular flexibility index (Phi) is 4.45. The Bertz CT molecular complexity index is 1030. The molecule has 0 aliphatic heterocycles. The van der Waals surface area contributed by atoms with E-state index in [1.54, 1.807) is 37.0 Å². The van der Waals surface area contributed by atoms with E-state index in [1.807, 2.05) is 29.6 Å². The van der Waals surface area contributed by atoms with Crippen LogP contribution in [0.25, 0.3) is 21.7 Å². The minimum absolute atomic E-state index is 0.107. The highest BCUT2D eigenvalue weighted by Crippen LogP contribution is 2.26. The Labute approximate surface area is 153 Å². The summed E-state index contributed by atoms with van der Waals surface area (Å²) >= 11 is 1.56. The van der Waals surface area contributed by atoms with E-state index in [4.69, 9.17) is 13.6 Å². The molecule has 0 spiro atoms. The molecule has 1 N–H and O–H groups in total. The molecular weight excluding hydrogens is 352 g/mol. The summed E-state index contributed by atoms with van der Waals surface area (Å²) in [5, 5.41) is 5.73. The summed E-state index contributed by atoms with van der Waals surface area (Å²) in [5.74, 6) is 1.18. The Balaban J connectivity index is 1.38. The molecule has 0 radical (unpaired) electrons. The number of rotatable bonds is 6. The van der Waals surface area contributed by atoms with Crippen molar-refractivity contribution in [2.24, 2.45) is 0 Å². The van der Waals surface area contributed by atoms with E-state index in [9.17, 15) is 4.79 Å². The summed E-state index contributed by atoms with van der Waals surface area (Å²) in [6.07, 6.45) is 3.40. The summed E-state index contributed by atoms with van der Waals surface area (Å²) in [5.41, 5.74) is 2.22. The van der Waals surface area contributed by atoms with E-state index < -0.39 is 0 Å². The van der Waals surface area contributed by atoms with Crippen molar-refractivity contribution >= 4 is 28.2 Å². The highest BCUT2D eigenvalue weighted by Gasteiger charge is 2.12. The summed E-state index contributed by atoms with van der Waals surface area (Å²) < 4.78 is 16.1. The first-order valence-corrected chi connectivity index (χ1v) is 8.90. The molecule has 1 aromatic carbocycles. The first-order chi connectivity index (χ1) is 12.7. The molecule has 3 heterocycles. The number of nitrogens with zero attached hydrogens (tertiary/aromatic N) is 1. The van der Waals surface area contributed by atoms with Crippen LogP contribution in [0.4, 0.5) is 0 Å². The van der Waals surface area contributed by atoms with Crippen molar-refractivity contribution in [3.8, 4) is 16.5 Å². The van der Waals surface area contributed by atoms with E-state index in [0.717, 1.165) is 21.6 Å². The number of benzene rings is 1. The van der Waals surface area contributed by atoms with E-state index in [1.165, 1.54) is 0 Å². The fourth-order valence-electron chi connectivity index (χ4n) is 2.65. The van der Waals surface area contributed by atoms with E-state index in [0.29, 0.717) is 23.7 Å². The Morgan fingerprint density at radius 2 is 2.19 bits per heavy atom. The topological polar surface area (TPSA) is 77.5 Å². The van der Waals surface area contributed by atoms with Gasteiger partial charge in [0, 0.05) is 17.0 Å².